The van der Waals surface area contributed by atoms with Gasteiger partial charge >= 0.3 is 0 Å². The Morgan fingerprint density at radius 2 is 2.00 bits per heavy atom. The van der Waals surface area contributed by atoms with E-state index in [1.807, 2.05) is 59.0 Å². The average molecular weight is 415 g/mol. The lowest BCUT2D eigenvalue weighted by Crippen LogP contribution is -2.20. The third kappa shape index (κ3) is 3.62. The number of aldehydes is 1. The highest BCUT2D eigenvalue weighted by atomic mass is 16.5. The van der Waals surface area contributed by atoms with Gasteiger partial charge in [-0.05, 0) is 24.3 Å². The molecule has 0 bridgehead atoms. The Hall–Kier alpha value is -3.78. The first-order valence-corrected chi connectivity index (χ1v) is 10.1. The van der Waals surface area contributed by atoms with E-state index in [2.05, 4.69) is 4.98 Å². The highest BCUT2D eigenvalue weighted by Crippen LogP contribution is 2.30. The number of carbonyl (C=O) groups is 1. The summed E-state index contributed by atoms with van der Waals surface area (Å²) in [5.74, 6) is 1.72. The summed E-state index contributed by atoms with van der Waals surface area (Å²) in [6.07, 6.45) is 5.02. The summed E-state index contributed by atoms with van der Waals surface area (Å²) in [7, 11) is 1.86. The lowest BCUT2D eigenvalue weighted by molar-refractivity contribution is 0.112. The molecule has 0 radical (unpaired) electrons. The van der Waals surface area contributed by atoms with Crippen LogP contribution in [0.25, 0.3) is 16.6 Å². The molecule has 2 aromatic heterocycles. The topological polar surface area (TPSA) is 82.4 Å². The van der Waals surface area contributed by atoms with E-state index in [1.165, 1.54) is 0 Å². The van der Waals surface area contributed by atoms with Gasteiger partial charge in [0.25, 0.3) is 0 Å². The Morgan fingerprint density at radius 3 is 2.84 bits per heavy atom. The normalized spacial score (nSPS) is 15.8. The molecule has 31 heavy (non-hydrogen) atoms. The molecule has 1 saturated heterocycles. The molecule has 1 aliphatic heterocycles. The lowest BCUT2D eigenvalue weighted by Gasteiger charge is -2.21. The quantitative estimate of drug-likeness (QED) is 0.445. The van der Waals surface area contributed by atoms with Crippen molar-refractivity contribution in [3.05, 3.63) is 66.6 Å². The van der Waals surface area contributed by atoms with Crippen molar-refractivity contribution in [2.45, 2.75) is 12.5 Å². The summed E-state index contributed by atoms with van der Waals surface area (Å²) in [5, 5.41) is 0.853. The number of imidazole rings is 1. The summed E-state index contributed by atoms with van der Waals surface area (Å²) in [5.41, 5.74) is 2.09. The molecule has 8 heteroatoms. The van der Waals surface area contributed by atoms with Gasteiger partial charge in [-0.2, -0.15) is 4.98 Å². The Balaban J connectivity index is 1.57. The fourth-order valence-corrected chi connectivity index (χ4v) is 3.67. The van der Waals surface area contributed by atoms with Crippen LogP contribution in [0.1, 0.15) is 16.8 Å². The summed E-state index contributed by atoms with van der Waals surface area (Å²) < 4.78 is 13.5. The largest absolute Gasteiger partial charge is 0.471 e. The number of ether oxygens (including phenoxy) is 2. The van der Waals surface area contributed by atoms with Gasteiger partial charge in [0, 0.05) is 19.0 Å². The van der Waals surface area contributed by atoms with Gasteiger partial charge in [0.15, 0.2) is 6.29 Å². The van der Waals surface area contributed by atoms with Gasteiger partial charge in [0.2, 0.25) is 11.8 Å². The molecule has 4 aromatic rings. The van der Waals surface area contributed by atoms with Crippen LogP contribution in [0, 0.1) is 0 Å². The molecule has 156 valence electrons. The standard InChI is InChI=1S/C23H21N5O3/c1-27(21-12-24-15-28(21)20-9-5-2-6-16(20)13-29)23-25-19-8-4-3-7-18(19)22(26-23)31-17-10-11-30-14-17/h2-9,12-13,15,17H,10-11,14H2,1H3. The maximum atomic E-state index is 11.5. The fraction of sp³-hybridized carbons (Fsp3) is 0.217. The second-order valence-corrected chi connectivity index (χ2v) is 7.31. The number of fused-ring (bicyclic) bond motifs is 1. The van der Waals surface area contributed by atoms with E-state index in [0.717, 1.165) is 35.1 Å². The van der Waals surface area contributed by atoms with Crippen LogP contribution in [0.15, 0.2) is 61.1 Å². The first-order chi connectivity index (χ1) is 15.2. The van der Waals surface area contributed by atoms with E-state index < -0.39 is 0 Å². The Morgan fingerprint density at radius 1 is 1.16 bits per heavy atom. The van der Waals surface area contributed by atoms with Gasteiger partial charge in [0.05, 0.1) is 36.0 Å². The van der Waals surface area contributed by atoms with E-state index >= 15 is 0 Å². The zero-order chi connectivity index (χ0) is 21.2. The number of rotatable bonds is 6. The average Bonchev–Trinajstić information content (AvgIpc) is 3.50. The zero-order valence-corrected chi connectivity index (χ0v) is 17.0. The minimum absolute atomic E-state index is 0.0264. The molecule has 0 N–H and O–H groups in total. The van der Waals surface area contributed by atoms with Crippen LogP contribution >= 0.6 is 0 Å². The van der Waals surface area contributed by atoms with Gasteiger partial charge in [-0.25, -0.2) is 9.97 Å². The number of hydrogen-bond acceptors (Lipinski definition) is 7. The summed E-state index contributed by atoms with van der Waals surface area (Å²) in [6, 6.07) is 15.1. The molecular weight excluding hydrogens is 394 g/mol. The van der Waals surface area contributed by atoms with E-state index in [9.17, 15) is 4.79 Å². The minimum Gasteiger partial charge on any atom is -0.471 e. The maximum absolute atomic E-state index is 11.5. The molecule has 3 heterocycles. The van der Waals surface area contributed by atoms with Gasteiger partial charge in [-0.1, -0.05) is 24.3 Å². The second kappa shape index (κ2) is 8.16. The van der Waals surface area contributed by atoms with Crippen LogP contribution in [-0.4, -0.2) is 52.2 Å². The van der Waals surface area contributed by atoms with Crippen molar-refractivity contribution in [1.82, 2.24) is 19.5 Å². The van der Waals surface area contributed by atoms with Crippen LogP contribution in [0.5, 0.6) is 5.88 Å². The van der Waals surface area contributed by atoms with Crippen molar-refractivity contribution in [3.63, 3.8) is 0 Å². The van der Waals surface area contributed by atoms with Crippen LogP contribution in [0.2, 0.25) is 0 Å². The predicted molar refractivity (Wildman–Crippen MR) is 116 cm³/mol. The zero-order valence-electron chi connectivity index (χ0n) is 17.0. The number of anilines is 2. The van der Waals surface area contributed by atoms with E-state index in [0.29, 0.717) is 30.6 Å². The van der Waals surface area contributed by atoms with Crippen molar-refractivity contribution in [2.75, 3.05) is 25.2 Å². The molecule has 1 unspecified atom stereocenters. The van der Waals surface area contributed by atoms with Gasteiger partial charge in [-0.3, -0.25) is 14.3 Å². The minimum atomic E-state index is -0.0264. The Kier molecular flexibility index (Phi) is 5.05. The molecule has 0 saturated carbocycles. The van der Waals surface area contributed by atoms with Crippen molar-refractivity contribution >= 4 is 29.0 Å². The third-order valence-electron chi connectivity index (χ3n) is 5.31. The van der Waals surface area contributed by atoms with Crippen molar-refractivity contribution in [1.29, 1.82) is 0 Å². The number of para-hydroxylation sites is 2. The molecular formula is C23H21N5O3. The second-order valence-electron chi connectivity index (χ2n) is 7.31. The highest BCUT2D eigenvalue weighted by molar-refractivity contribution is 5.85. The monoisotopic (exact) mass is 415 g/mol. The van der Waals surface area contributed by atoms with Gasteiger partial charge in [-0.15, -0.1) is 0 Å². The molecule has 0 spiro atoms. The Bertz CT molecular complexity index is 1230. The number of carbonyl (C=O) groups excluding carboxylic acids is 1. The summed E-state index contributed by atoms with van der Waals surface area (Å²) >= 11 is 0. The molecule has 1 fully saturated rings. The number of benzene rings is 2. The molecule has 5 rings (SSSR count). The highest BCUT2D eigenvalue weighted by Gasteiger charge is 2.22. The van der Waals surface area contributed by atoms with Crippen molar-refractivity contribution in [3.8, 4) is 11.6 Å². The van der Waals surface area contributed by atoms with Gasteiger partial charge in [0.1, 0.15) is 18.2 Å². The lowest BCUT2D eigenvalue weighted by atomic mass is 10.2. The summed E-state index contributed by atoms with van der Waals surface area (Å²) in [6.45, 7) is 1.24. The number of nitrogens with zero attached hydrogens (tertiary/aromatic N) is 5. The van der Waals surface area contributed by atoms with Crippen molar-refractivity contribution in [2.24, 2.45) is 0 Å². The van der Waals surface area contributed by atoms with Crippen LogP contribution in [-0.2, 0) is 4.74 Å². The van der Waals surface area contributed by atoms with Crippen LogP contribution < -0.4 is 9.64 Å². The first-order valence-electron chi connectivity index (χ1n) is 10.1. The van der Waals surface area contributed by atoms with Crippen LogP contribution in [0.4, 0.5) is 11.8 Å². The number of aromatic nitrogens is 4. The van der Waals surface area contributed by atoms with Crippen LogP contribution in [0.3, 0.4) is 0 Å². The van der Waals surface area contributed by atoms with E-state index in [4.69, 9.17) is 19.4 Å². The maximum Gasteiger partial charge on any atom is 0.234 e. The Labute approximate surface area is 179 Å². The third-order valence-corrected chi connectivity index (χ3v) is 5.31. The predicted octanol–water partition coefficient (Wildman–Crippen LogP) is 3.56. The first kappa shape index (κ1) is 19.2. The molecule has 2 aromatic carbocycles. The molecule has 0 aliphatic carbocycles. The van der Waals surface area contributed by atoms with Gasteiger partial charge < -0.3 is 9.47 Å². The van der Waals surface area contributed by atoms with Crippen molar-refractivity contribution < 1.29 is 14.3 Å². The fourth-order valence-electron chi connectivity index (χ4n) is 3.67. The molecule has 0 amide bonds. The molecule has 1 atom stereocenters. The number of hydrogen-bond donors (Lipinski definition) is 0. The smallest absolute Gasteiger partial charge is 0.234 e. The SMILES string of the molecule is CN(c1nc(OC2CCOC2)c2ccccc2n1)c1cncn1-c1ccccc1C=O. The van der Waals surface area contributed by atoms with E-state index in [-0.39, 0.29) is 6.10 Å². The summed E-state index contributed by atoms with van der Waals surface area (Å²) in [4.78, 5) is 27.1. The molecule has 8 nitrogen and oxygen atoms in total. The molecule has 1 aliphatic rings. The van der Waals surface area contributed by atoms with E-state index in [1.54, 1.807) is 18.6 Å².